The molecule has 0 aliphatic rings. The summed E-state index contributed by atoms with van der Waals surface area (Å²) in [6, 6.07) is 24.3. The third kappa shape index (κ3) is 4.76. The molecule has 0 bridgehead atoms. The molecule has 0 atom stereocenters. The van der Waals surface area contributed by atoms with E-state index in [1.807, 2.05) is 54.7 Å². The molecule has 0 fully saturated rings. The summed E-state index contributed by atoms with van der Waals surface area (Å²) >= 11 is 0. The summed E-state index contributed by atoms with van der Waals surface area (Å²) in [6.45, 7) is 2.78. The molecule has 0 amide bonds. The van der Waals surface area contributed by atoms with Crippen molar-refractivity contribution in [2.75, 3.05) is 10.6 Å². The summed E-state index contributed by atoms with van der Waals surface area (Å²) in [5.41, 5.74) is 5.26. The van der Waals surface area contributed by atoms with Gasteiger partial charge >= 0.3 is 0 Å². The number of rotatable bonds is 7. The van der Waals surface area contributed by atoms with Crippen molar-refractivity contribution in [3.05, 3.63) is 96.3 Å². The average Bonchev–Trinajstić information content (AvgIpc) is 2.79. The molecule has 5 nitrogen and oxygen atoms in total. The van der Waals surface area contributed by atoms with E-state index in [-0.39, 0.29) is 0 Å². The van der Waals surface area contributed by atoms with Crippen molar-refractivity contribution in [3.63, 3.8) is 0 Å². The van der Waals surface area contributed by atoms with Crippen molar-refractivity contribution in [1.29, 1.82) is 0 Å². The van der Waals surface area contributed by atoms with Crippen LogP contribution in [0.25, 0.3) is 11.3 Å². The van der Waals surface area contributed by atoms with Crippen LogP contribution in [0.2, 0.25) is 0 Å². The average molecular weight is 381 g/mol. The standard InChI is InChI=1S/C24H23N5/c1-2-19-10-6-7-13-21(19)27-24-28-22(20-11-4-3-5-12-20)15-23(29-24)26-17-18-9-8-14-25-16-18/h3-16H,2,17H2,1H3,(H2,26,27,28,29). The van der Waals surface area contributed by atoms with E-state index in [0.717, 1.165) is 34.7 Å². The number of anilines is 3. The largest absolute Gasteiger partial charge is 0.366 e. The van der Waals surface area contributed by atoms with Crippen molar-refractivity contribution >= 4 is 17.5 Å². The third-order valence-corrected chi connectivity index (χ3v) is 4.64. The fourth-order valence-electron chi connectivity index (χ4n) is 3.12. The highest BCUT2D eigenvalue weighted by Gasteiger charge is 2.09. The number of para-hydroxylation sites is 1. The first-order valence-corrected chi connectivity index (χ1v) is 9.74. The van der Waals surface area contributed by atoms with Gasteiger partial charge in [-0.1, -0.05) is 61.5 Å². The minimum atomic E-state index is 0.570. The van der Waals surface area contributed by atoms with Crippen LogP contribution in [-0.2, 0) is 13.0 Å². The number of aromatic nitrogens is 3. The molecule has 2 aromatic heterocycles. The first-order chi connectivity index (χ1) is 14.3. The fraction of sp³-hybridized carbons (Fsp3) is 0.125. The van der Waals surface area contributed by atoms with Gasteiger partial charge in [-0.2, -0.15) is 4.98 Å². The summed E-state index contributed by atoms with van der Waals surface area (Å²) in [5.74, 6) is 1.33. The molecule has 0 aliphatic heterocycles. The molecule has 2 N–H and O–H groups in total. The van der Waals surface area contributed by atoms with Gasteiger partial charge in [0.25, 0.3) is 0 Å². The Balaban J connectivity index is 1.66. The molecule has 0 unspecified atom stereocenters. The number of hydrogen-bond acceptors (Lipinski definition) is 5. The maximum Gasteiger partial charge on any atom is 0.229 e. The molecule has 144 valence electrons. The van der Waals surface area contributed by atoms with Crippen molar-refractivity contribution in [2.45, 2.75) is 19.9 Å². The van der Waals surface area contributed by atoms with Gasteiger partial charge in [0.2, 0.25) is 5.95 Å². The van der Waals surface area contributed by atoms with E-state index in [9.17, 15) is 0 Å². The summed E-state index contributed by atoms with van der Waals surface area (Å²) in [7, 11) is 0. The Morgan fingerprint density at radius 3 is 2.48 bits per heavy atom. The number of aryl methyl sites for hydroxylation is 1. The zero-order valence-corrected chi connectivity index (χ0v) is 16.3. The molecule has 0 aliphatic carbocycles. The molecule has 5 heteroatoms. The number of nitrogens with one attached hydrogen (secondary N) is 2. The van der Waals surface area contributed by atoms with Gasteiger partial charge in [0.05, 0.1) is 5.69 Å². The van der Waals surface area contributed by atoms with Crippen LogP contribution in [0.3, 0.4) is 0 Å². The van der Waals surface area contributed by atoms with E-state index in [2.05, 4.69) is 46.8 Å². The molecule has 0 radical (unpaired) electrons. The van der Waals surface area contributed by atoms with Gasteiger partial charge in [-0.3, -0.25) is 4.98 Å². The molecule has 2 heterocycles. The Morgan fingerprint density at radius 2 is 1.69 bits per heavy atom. The molecule has 4 aromatic rings. The molecule has 4 rings (SSSR count). The molecule has 0 saturated heterocycles. The summed E-state index contributed by atoms with van der Waals surface area (Å²) in [5, 5.41) is 6.79. The zero-order valence-electron chi connectivity index (χ0n) is 16.3. The Hall–Kier alpha value is -3.73. The predicted octanol–water partition coefficient (Wildman–Crippen LogP) is 5.46. The second kappa shape index (κ2) is 8.97. The minimum Gasteiger partial charge on any atom is -0.366 e. The fourth-order valence-corrected chi connectivity index (χ4v) is 3.12. The molecule has 29 heavy (non-hydrogen) atoms. The van der Waals surface area contributed by atoms with E-state index in [0.29, 0.717) is 12.5 Å². The van der Waals surface area contributed by atoms with Crippen LogP contribution in [0, 0.1) is 0 Å². The molecule has 0 spiro atoms. The zero-order chi connectivity index (χ0) is 19.9. The van der Waals surface area contributed by atoms with E-state index in [1.54, 1.807) is 6.20 Å². The molecule has 0 saturated carbocycles. The third-order valence-electron chi connectivity index (χ3n) is 4.64. The van der Waals surface area contributed by atoms with Gasteiger partial charge in [-0.15, -0.1) is 0 Å². The number of nitrogens with zero attached hydrogens (tertiary/aromatic N) is 3. The number of hydrogen-bond donors (Lipinski definition) is 2. The van der Waals surface area contributed by atoms with Crippen molar-refractivity contribution in [2.24, 2.45) is 0 Å². The molecule has 2 aromatic carbocycles. The van der Waals surface area contributed by atoms with Crippen LogP contribution in [0.5, 0.6) is 0 Å². The summed E-state index contributed by atoms with van der Waals surface area (Å²) in [6.07, 6.45) is 4.56. The van der Waals surface area contributed by atoms with Crippen molar-refractivity contribution in [1.82, 2.24) is 15.0 Å². The van der Waals surface area contributed by atoms with Gasteiger partial charge in [-0.05, 0) is 29.7 Å². The predicted molar refractivity (Wildman–Crippen MR) is 118 cm³/mol. The second-order valence-corrected chi connectivity index (χ2v) is 6.68. The topological polar surface area (TPSA) is 62.7 Å². The van der Waals surface area contributed by atoms with Gasteiger partial charge in [0.15, 0.2) is 0 Å². The summed E-state index contributed by atoms with van der Waals surface area (Å²) < 4.78 is 0. The lowest BCUT2D eigenvalue weighted by atomic mass is 10.1. The van der Waals surface area contributed by atoms with Crippen LogP contribution in [-0.4, -0.2) is 15.0 Å². The second-order valence-electron chi connectivity index (χ2n) is 6.68. The SMILES string of the molecule is CCc1ccccc1Nc1nc(NCc2cccnc2)cc(-c2ccccc2)n1. The first kappa shape index (κ1) is 18.6. The highest BCUT2D eigenvalue weighted by molar-refractivity contribution is 5.67. The summed E-state index contributed by atoms with van der Waals surface area (Å²) in [4.78, 5) is 13.6. The molecular formula is C24H23N5. The smallest absolute Gasteiger partial charge is 0.229 e. The van der Waals surface area contributed by atoms with Crippen LogP contribution in [0.1, 0.15) is 18.1 Å². The maximum atomic E-state index is 4.75. The van der Waals surface area contributed by atoms with Crippen molar-refractivity contribution in [3.8, 4) is 11.3 Å². The number of pyridine rings is 1. The highest BCUT2D eigenvalue weighted by atomic mass is 15.1. The van der Waals surface area contributed by atoms with Crippen molar-refractivity contribution < 1.29 is 0 Å². The minimum absolute atomic E-state index is 0.570. The van der Waals surface area contributed by atoms with Gasteiger partial charge < -0.3 is 10.6 Å². The van der Waals surface area contributed by atoms with Crippen LogP contribution >= 0.6 is 0 Å². The van der Waals surface area contributed by atoms with Crippen LogP contribution in [0.15, 0.2) is 85.2 Å². The van der Waals surface area contributed by atoms with E-state index < -0.39 is 0 Å². The van der Waals surface area contributed by atoms with Gasteiger partial charge in [0, 0.05) is 36.3 Å². The Bertz CT molecular complexity index is 1060. The Labute approximate surface area is 170 Å². The lowest BCUT2D eigenvalue weighted by Gasteiger charge is -2.13. The quantitative estimate of drug-likeness (QED) is 0.445. The van der Waals surface area contributed by atoms with Crippen LogP contribution in [0.4, 0.5) is 17.5 Å². The lowest BCUT2D eigenvalue weighted by molar-refractivity contribution is 1.07. The highest BCUT2D eigenvalue weighted by Crippen LogP contribution is 2.25. The van der Waals surface area contributed by atoms with E-state index >= 15 is 0 Å². The normalized spacial score (nSPS) is 10.5. The van der Waals surface area contributed by atoms with Crippen LogP contribution < -0.4 is 10.6 Å². The van der Waals surface area contributed by atoms with E-state index in [1.165, 1.54) is 5.56 Å². The monoisotopic (exact) mass is 381 g/mol. The first-order valence-electron chi connectivity index (χ1n) is 9.74. The maximum absolute atomic E-state index is 4.75. The van der Waals surface area contributed by atoms with Gasteiger partial charge in [0.1, 0.15) is 5.82 Å². The van der Waals surface area contributed by atoms with E-state index in [4.69, 9.17) is 9.97 Å². The Kier molecular flexibility index (Phi) is 5.76. The van der Waals surface area contributed by atoms with Gasteiger partial charge in [-0.25, -0.2) is 4.98 Å². The number of benzene rings is 2. The Morgan fingerprint density at radius 1 is 0.862 bits per heavy atom. The molecular weight excluding hydrogens is 358 g/mol. The lowest BCUT2D eigenvalue weighted by Crippen LogP contribution is -2.06.